The molecule has 0 saturated carbocycles. The van der Waals surface area contributed by atoms with Crippen LogP contribution >= 0.6 is 0 Å². The van der Waals surface area contributed by atoms with Gasteiger partial charge in [-0.05, 0) is 24.1 Å². The van der Waals surface area contributed by atoms with Crippen molar-refractivity contribution in [3.8, 4) is 0 Å². The number of hydrogen-bond donors (Lipinski definition) is 1. The number of alkyl halides is 3. The molecule has 1 aromatic heterocycles. The molecule has 3 aromatic rings. The first kappa shape index (κ1) is 16.9. The summed E-state index contributed by atoms with van der Waals surface area (Å²) in [6.07, 6.45) is -4.01. The molecule has 1 heterocycles. The zero-order valence-electron chi connectivity index (χ0n) is 13.4. The lowest BCUT2D eigenvalue weighted by Gasteiger charge is -2.11. The van der Waals surface area contributed by atoms with E-state index < -0.39 is 12.0 Å². The van der Waals surface area contributed by atoms with Gasteiger partial charge in [-0.15, -0.1) is 0 Å². The van der Waals surface area contributed by atoms with Crippen molar-refractivity contribution in [2.45, 2.75) is 19.5 Å². The highest BCUT2D eigenvalue weighted by Crippen LogP contribution is 2.30. The quantitative estimate of drug-likeness (QED) is 0.542. The summed E-state index contributed by atoms with van der Waals surface area (Å²) in [6, 6.07) is 15.9. The Kier molecular flexibility index (Phi) is 4.65. The highest BCUT2D eigenvalue weighted by molar-refractivity contribution is 6.01. The van der Waals surface area contributed by atoms with Crippen LogP contribution in [0.4, 0.5) is 19.0 Å². The Morgan fingerprint density at radius 2 is 1.68 bits per heavy atom. The smallest absolute Gasteiger partial charge is 0.260 e. The van der Waals surface area contributed by atoms with Crippen molar-refractivity contribution in [3.63, 3.8) is 0 Å². The molecule has 128 valence electrons. The monoisotopic (exact) mass is 344 g/mol. The van der Waals surface area contributed by atoms with Gasteiger partial charge >= 0.3 is 6.18 Å². The molecule has 4 nitrogen and oxygen atoms in total. The minimum absolute atomic E-state index is 0.0276. The van der Waals surface area contributed by atoms with E-state index >= 15 is 0 Å². The van der Waals surface area contributed by atoms with Crippen molar-refractivity contribution in [2.75, 3.05) is 5.43 Å². The fourth-order valence-electron chi connectivity index (χ4n) is 2.39. The van der Waals surface area contributed by atoms with E-state index in [1.54, 1.807) is 18.2 Å². The zero-order valence-corrected chi connectivity index (χ0v) is 13.4. The molecule has 0 radical (unpaired) electrons. The van der Waals surface area contributed by atoms with Crippen molar-refractivity contribution < 1.29 is 13.2 Å². The molecule has 0 atom stereocenters. The molecular weight excluding hydrogens is 329 g/mol. The summed E-state index contributed by atoms with van der Waals surface area (Å²) in [7, 11) is 0. The Morgan fingerprint density at radius 3 is 2.36 bits per heavy atom. The fourth-order valence-corrected chi connectivity index (χ4v) is 2.39. The number of rotatable bonds is 4. The molecule has 2 aromatic carbocycles. The highest BCUT2D eigenvalue weighted by atomic mass is 19.4. The first-order valence-electron chi connectivity index (χ1n) is 7.71. The van der Waals surface area contributed by atoms with E-state index in [1.807, 2.05) is 37.3 Å². The molecule has 0 amide bonds. The average molecular weight is 344 g/mol. The van der Waals surface area contributed by atoms with Crippen LogP contribution < -0.4 is 5.43 Å². The summed E-state index contributed by atoms with van der Waals surface area (Å²) in [5.41, 5.74) is 4.51. The van der Waals surface area contributed by atoms with Crippen molar-refractivity contribution >= 4 is 22.4 Å². The SMILES string of the molecule is CC/C(=N/Nc1nc(C(F)(F)F)nc2ccccc12)c1ccccc1. The topological polar surface area (TPSA) is 50.2 Å². The predicted octanol–water partition coefficient (Wildman–Crippen LogP) is 4.87. The number of fused-ring (bicyclic) bond motifs is 1. The van der Waals surface area contributed by atoms with E-state index in [0.29, 0.717) is 11.8 Å². The van der Waals surface area contributed by atoms with Gasteiger partial charge in [0.15, 0.2) is 5.82 Å². The van der Waals surface area contributed by atoms with Crippen LogP contribution in [0.15, 0.2) is 59.7 Å². The second-order valence-corrected chi connectivity index (χ2v) is 5.30. The van der Waals surface area contributed by atoms with Gasteiger partial charge in [-0.2, -0.15) is 18.3 Å². The lowest BCUT2D eigenvalue weighted by molar-refractivity contribution is -0.144. The number of aromatic nitrogens is 2. The number of benzene rings is 2. The molecule has 7 heteroatoms. The number of anilines is 1. The standard InChI is InChI=1S/C18H15F3N4/c1-2-14(12-8-4-3-5-9-12)24-25-16-13-10-6-7-11-15(13)22-17(23-16)18(19,20)21/h3-11H,2H2,1H3,(H,22,23,25)/b24-14-. The van der Waals surface area contributed by atoms with Gasteiger partial charge in [0, 0.05) is 5.39 Å². The largest absolute Gasteiger partial charge is 0.451 e. The molecule has 0 aliphatic rings. The summed E-state index contributed by atoms with van der Waals surface area (Å²) in [4.78, 5) is 7.21. The lowest BCUT2D eigenvalue weighted by Crippen LogP contribution is -2.13. The number of nitrogens with zero attached hydrogens (tertiary/aromatic N) is 3. The summed E-state index contributed by atoms with van der Waals surface area (Å²) < 4.78 is 39.1. The summed E-state index contributed by atoms with van der Waals surface area (Å²) in [6.45, 7) is 1.92. The van der Waals surface area contributed by atoms with Gasteiger partial charge in [0.05, 0.1) is 11.2 Å². The number of hydrogen-bond acceptors (Lipinski definition) is 4. The Balaban J connectivity index is 2.04. The Bertz CT molecular complexity index is 905. The van der Waals surface area contributed by atoms with Crippen molar-refractivity contribution in [1.29, 1.82) is 0 Å². The van der Waals surface area contributed by atoms with Gasteiger partial charge in [0.25, 0.3) is 0 Å². The van der Waals surface area contributed by atoms with E-state index in [4.69, 9.17) is 0 Å². The highest BCUT2D eigenvalue weighted by Gasteiger charge is 2.35. The minimum atomic E-state index is -4.63. The molecule has 1 N–H and O–H groups in total. The first-order chi connectivity index (χ1) is 12.0. The lowest BCUT2D eigenvalue weighted by atomic mass is 10.1. The Morgan fingerprint density at radius 1 is 1.00 bits per heavy atom. The number of nitrogens with one attached hydrogen (secondary N) is 1. The molecule has 0 unspecified atom stereocenters. The fraction of sp³-hybridized carbons (Fsp3) is 0.167. The van der Waals surface area contributed by atoms with Gasteiger partial charge in [0.1, 0.15) is 0 Å². The number of para-hydroxylation sites is 1. The Labute approximate surface area is 142 Å². The van der Waals surface area contributed by atoms with Gasteiger partial charge in [-0.1, -0.05) is 49.4 Å². The third kappa shape index (κ3) is 3.76. The average Bonchev–Trinajstić information content (AvgIpc) is 2.62. The van der Waals surface area contributed by atoms with Crippen LogP contribution in [-0.2, 0) is 6.18 Å². The molecule has 3 rings (SSSR count). The predicted molar refractivity (Wildman–Crippen MR) is 91.4 cm³/mol. The van der Waals surface area contributed by atoms with E-state index in [-0.39, 0.29) is 11.3 Å². The van der Waals surface area contributed by atoms with Crippen LogP contribution in [0.2, 0.25) is 0 Å². The molecular formula is C18H15F3N4. The second-order valence-electron chi connectivity index (χ2n) is 5.30. The maximum absolute atomic E-state index is 13.0. The zero-order chi connectivity index (χ0) is 17.9. The molecule has 0 bridgehead atoms. The van der Waals surface area contributed by atoms with Gasteiger partial charge in [0.2, 0.25) is 5.82 Å². The number of halogens is 3. The first-order valence-corrected chi connectivity index (χ1v) is 7.71. The van der Waals surface area contributed by atoms with Gasteiger partial charge in [-0.25, -0.2) is 9.97 Å². The van der Waals surface area contributed by atoms with Crippen LogP contribution in [0, 0.1) is 0 Å². The number of hydrazone groups is 1. The summed E-state index contributed by atoms with van der Waals surface area (Å²) in [5, 5.41) is 4.74. The van der Waals surface area contributed by atoms with Crippen molar-refractivity contribution in [3.05, 3.63) is 66.0 Å². The normalized spacial score (nSPS) is 12.4. The molecule has 0 fully saturated rings. The van der Waals surface area contributed by atoms with Crippen molar-refractivity contribution in [1.82, 2.24) is 9.97 Å². The van der Waals surface area contributed by atoms with Crippen molar-refractivity contribution in [2.24, 2.45) is 5.10 Å². The molecule has 0 aliphatic heterocycles. The van der Waals surface area contributed by atoms with Gasteiger partial charge < -0.3 is 0 Å². The minimum Gasteiger partial charge on any atom is -0.260 e. The van der Waals surface area contributed by atoms with E-state index in [1.165, 1.54) is 6.07 Å². The summed E-state index contributed by atoms with van der Waals surface area (Å²) in [5.74, 6) is -1.17. The van der Waals surface area contributed by atoms with E-state index in [2.05, 4.69) is 20.5 Å². The maximum atomic E-state index is 13.0. The molecule has 0 aliphatic carbocycles. The molecule has 0 spiro atoms. The third-order valence-corrected chi connectivity index (χ3v) is 3.60. The van der Waals surface area contributed by atoms with Crippen LogP contribution in [0.5, 0.6) is 0 Å². The Hall–Kier alpha value is -2.96. The van der Waals surface area contributed by atoms with Crippen LogP contribution in [0.1, 0.15) is 24.7 Å². The van der Waals surface area contributed by atoms with Crippen LogP contribution in [0.25, 0.3) is 10.9 Å². The summed E-state index contributed by atoms with van der Waals surface area (Å²) >= 11 is 0. The van der Waals surface area contributed by atoms with E-state index in [9.17, 15) is 13.2 Å². The molecule has 0 saturated heterocycles. The van der Waals surface area contributed by atoms with Crippen LogP contribution in [-0.4, -0.2) is 15.7 Å². The van der Waals surface area contributed by atoms with E-state index in [0.717, 1.165) is 11.3 Å². The second kappa shape index (κ2) is 6.88. The maximum Gasteiger partial charge on any atom is 0.451 e. The van der Waals surface area contributed by atoms with Gasteiger partial charge in [-0.3, -0.25) is 5.43 Å². The third-order valence-electron chi connectivity index (χ3n) is 3.60. The van der Waals surface area contributed by atoms with Crippen LogP contribution in [0.3, 0.4) is 0 Å². The molecule has 25 heavy (non-hydrogen) atoms.